The van der Waals surface area contributed by atoms with Crippen LogP contribution in [0.5, 0.6) is 11.5 Å². The van der Waals surface area contributed by atoms with Crippen LogP contribution in [0.1, 0.15) is 66.8 Å². The lowest BCUT2D eigenvalue weighted by atomic mass is 9.73. The topological polar surface area (TPSA) is 106 Å². The molecule has 0 saturated carbocycles. The van der Waals surface area contributed by atoms with E-state index in [1.165, 1.54) is 19.9 Å². The summed E-state index contributed by atoms with van der Waals surface area (Å²) in [4.78, 5) is 30.0. The summed E-state index contributed by atoms with van der Waals surface area (Å²) in [6.07, 6.45) is 9.74. The lowest BCUT2D eigenvalue weighted by Gasteiger charge is -2.35. The average Bonchev–Trinajstić information content (AvgIpc) is 3.83. The summed E-state index contributed by atoms with van der Waals surface area (Å²) in [5.74, 6) is 12.4. The standard InChI is InChI=1S/C41H39NO7S2/c1-3-9-31-39-26(2)32(44)24-41(31,46)14-7-5-4-6-10-33(39)47-16-8-17-48-34-21-27-11-12-29-20-28(37-23-38-36(51-37)13-19-50-38)25-42(29)40(45)30(27)22-35(34)49-18-15-43/h4-5,9,13,19,21-23,25,29,33,43,46H,3,8,11-12,15-18,20,24H2,1-2H3/b5-4-,31-9+/t29?,33-,41-/m0/s1. The molecule has 0 saturated heterocycles. The molecule has 4 aliphatic rings. The van der Waals surface area contributed by atoms with Gasteiger partial charge in [-0.05, 0) is 96.7 Å². The predicted octanol–water partition coefficient (Wildman–Crippen LogP) is 6.62. The highest BCUT2D eigenvalue weighted by molar-refractivity contribution is 7.27. The van der Waals surface area contributed by atoms with Crippen molar-refractivity contribution in [3.63, 3.8) is 0 Å². The van der Waals surface area contributed by atoms with Crippen molar-refractivity contribution in [3.05, 3.63) is 86.8 Å². The van der Waals surface area contributed by atoms with E-state index in [1.54, 1.807) is 47.8 Å². The Balaban J connectivity index is 1.05. The molecule has 0 radical (unpaired) electrons. The minimum absolute atomic E-state index is 0.0588. The number of ketones is 1. The van der Waals surface area contributed by atoms with Crippen molar-refractivity contribution in [1.29, 1.82) is 0 Å². The van der Waals surface area contributed by atoms with Crippen molar-refractivity contribution in [2.24, 2.45) is 0 Å². The van der Waals surface area contributed by atoms with E-state index in [2.05, 4.69) is 41.2 Å². The van der Waals surface area contributed by atoms with E-state index in [-0.39, 0.29) is 50.6 Å². The Hall–Kier alpha value is -4.42. The number of benzene rings is 1. The number of Topliss-reactive ketones (excluding diaryl/α,β-unsaturated/α-hetero) is 1. The first kappa shape index (κ1) is 35.0. The maximum Gasteiger partial charge on any atom is 0.258 e. The number of fused-ring (bicyclic) bond motifs is 5. The van der Waals surface area contributed by atoms with Gasteiger partial charge in [-0.1, -0.05) is 36.7 Å². The Morgan fingerprint density at radius 3 is 2.73 bits per heavy atom. The number of allylic oxidation sites excluding steroid dienone is 4. The number of nitrogens with zero attached hydrogens (tertiary/aromatic N) is 1. The van der Waals surface area contributed by atoms with Crippen LogP contribution in [0.3, 0.4) is 0 Å². The number of hydrogen-bond acceptors (Lipinski definition) is 9. The van der Waals surface area contributed by atoms with E-state index in [4.69, 9.17) is 14.2 Å². The second kappa shape index (κ2) is 15.1. The fraction of sp³-hybridized carbons (Fsp3) is 0.366. The first-order valence-electron chi connectivity index (χ1n) is 17.3. The van der Waals surface area contributed by atoms with Gasteiger partial charge in [-0.25, -0.2) is 0 Å². The molecule has 4 heterocycles. The Bertz CT molecular complexity index is 2100. The number of carbonyl (C=O) groups is 2. The first-order valence-corrected chi connectivity index (χ1v) is 19.0. The molecule has 2 N–H and O–H groups in total. The molecule has 1 amide bonds. The van der Waals surface area contributed by atoms with E-state index in [9.17, 15) is 19.8 Å². The highest BCUT2D eigenvalue weighted by atomic mass is 32.1. The molecule has 8 nitrogen and oxygen atoms in total. The normalized spacial score (nSPS) is 23.9. The van der Waals surface area contributed by atoms with Crippen molar-refractivity contribution >= 4 is 49.3 Å². The number of aliphatic hydroxyl groups excluding tert-OH is 1. The second-order valence-electron chi connectivity index (χ2n) is 12.9. The third-order valence-electron chi connectivity index (χ3n) is 9.55. The molecule has 7 rings (SSSR count). The van der Waals surface area contributed by atoms with E-state index >= 15 is 0 Å². The van der Waals surface area contributed by atoms with Gasteiger partial charge in [0.2, 0.25) is 0 Å². The Morgan fingerprint density at radius 2 is 1.90 bits per heavy atom. The van der Waals surface area contributed by atoms with Crippen LogP contribution >= 0.6 is 22.7 Å². The van der Waals surface area contributed by atoms with Crippen LogP contribution in [-0.2, 0) is 16.0 Å². The van der Waals surface area contributed by atoms with Gasteiger partial charge in [0, 0.05) is 44.1 Å². The van der Waals surface area contributed by atoms with Gasteiger partial charge in [-0.3, -0.25) is 9.59 Å². The van der Waals surface area contributed by atoms with E-state index < -0.39 is 11.7 Å². The highest BCUT2D eigenvalue weighted by Crippen LogP contribution is 2.43. The summed E-state index contributed by atoms with van der Waals surface area (Å²) in [5, 5.41) is 23.1. The maximum absolute atomic E-state index is 14.0. The quantitative estimate of drug-likeness (QED) is 0.169. The van der Waals surface area contributed by atoms with Crippen molar-refractivity contribution < 1.29 is 34.0 Å². The van der Waals surface area contributed by atoms with Crippen LogP contribution in [0.15, 0.2) is 70.8 Å². The van der Waals surface area contributed by atoms with Gasteiger partial charge in [-0.2, -0.15) is 0 Å². The molecule has 2 bridgehead atoms. The summed E-state index contributed by atoms with van der Waals surface area (Å²) in [6, 6.07) is 8.10. The summed E-state index contributed by atoms with van der Waals surface area (Å²) < 4.78 is 20.9. The summed E-state index contributed by atoms with van der Waals surface area (Å²) in [7, 11) is 0. The zero-order chi connectivity index (χ0) is 35.5. The molecule has 3 atom stereocenters. The van der Waals surface area contributed by atoms with Gasteiger partial charge < -0.3 is 29.3 Å². The van der Waals surface area contributed by atoms with E-state index in [0.717, 1.165) is 24.8 Å². The fourth-order valence-corrected chi connectivity index (χ4v) is 9.18. The molecule has 2 aliphatic heterocycles. The molecule has 0 spiro atoms. The van der Waals surface area contributed by atoms with Gasteiger partial charge in [-0.15, -0.1) is 22.7 Å². The van der Waals surface area contributed by atoms with Crippen LogP contribution < -0.4 is 9.47 Å². The third-order valence-corrected chi connectivity index (χ3v) is 11.7. The zero-order valence-corrected chi connectivity index (χ0v) is 30.3. The van der Waals surface area contributed by atoms with Crippen LogP contribution in [0.4, 0.5) is 0 Å². The van der Waals surface area contributed by atoms with Crippen molar-refractivity contribution in [3.8, 4) is 35.2 Å². The Labute approximate surface area is 305 Å². The van der Waals surface area contributed by atoms with Gasteiger partial charge in [0.25, 0.3) is 5.91 Å². The number of thiophene rings is 2. The van der Waals surface area contributed by atoms with E-state index in [0.29, 0.717) is 46.6 Å². The number of aryl methyl sites for hydroxylation is 1. The predicted molar refractivity (Wildman–Crippen MR) is 200 cm³/mol. The molecule has 1 unspecified atom stereocenters. The lowest BCUT2D eigenvalue weighted by Crippen LogP contribution is -2.41. The number of rotatable bonds is 11. The summed E-state index contributed by atoms with van der Waals surface area (Å²) in [5.41, 5.74) is 2.74. The van der Waals surface area contributed by atoms with Crippen molar-refractivity contribution in [2.75, 3.05) is 26.4 Å². The van der Waals surface area contributed by atoms with Crippen molar-refractivity contribution in [1.82, 2.24) is 4.90 Å². The Kier molecular flexibility index (Phi) is 10.3. The maximum atomic E-state index is 14.0. The number of carbonyl (C=O) groups excluding carboxylic acids is 2. The van der Waals surface area contributed by atoms with Crippen molar-refractivity contribution in [2.45, 2.75) is 70.1 Å². The van der Waals surface area contributed by atoms with Gasteiger partial charge in [0.05, 0.1) is 26.2 Å². The molecule has 2 aliphatic carbocycles. The second-order valence-corrected chi connectivity index (χ2v) is 15.0. The van der Waals surface area contributed by atoms with Crippen LogP contribution in [-0.4, -0.2) is 71.0 Å². The third kappa shape index (κ3) is 7.08. The molecule has 1 aromatic carbocycles. The van der Waals surface area contributed by atoms with Gasteiger partial charge in [0.1, 0.15) is 12.7 Å². The number of ether oxygens (including phenoxy) is 3. The molecular weight excluding hydrogens is 683 g/mol. The molecule has 262 valence electrons. The SMILES string of the molecule is CC/C=C1\C2=C(C)C(=O)C[C@@]1(O)C#C/C=C\C#C[C@@H]2OCCCOc1cc2c(cc1OCCO)C(=O)N1C=C(c3cc4sccc4s3)CC1CC2. The summed E-state index contributed by atoms with van der Waals surface area (Å²) >= 11 is 3.51. The minimum Gasteiger partial charge on any atom is -0.490 e. The van der Waals surface area contributed by atoms with Gasteiger partial charge in [0.15, 0.2) is 22.9 Å². The fourth-order valence-electron chi connectivity index (χ4n) is 7.06. The van der Waals surface area contributed by atoms with Gasteiger partial charge >= 0.3 is 0 Å². The lowest BCUT2D eigenvalue weighted by molar-refractivity contribution is -0.118. The van der Waals surface area contributed by atoms with Crippen LogP contribution in [0.2, 0.25) is 0 Å². The minimum atomic E-state index is -1.61. The number of amides is 1. The molecule has 51 heavy (non-hydrogen) atoms. The molecule has 0 fully saturated rings. The molecule has 3 aromatic rings. The summed E-state index contributed by atoms with van der Waals surface area (Å²) in [6.45, 7) is 4.15. The monoisotopic (exact) mass is 721 g/mol. The first-order chi connectivity index (χ1) is 24.8. The number of aliphatic hydroxyl groups is 2. The van der Waals surface area contributed by atoms with Crippen LogP contribution in [0.25, 0.3) is 15.0 Å². The zero-order valence-electron chi connectivity index (χ0n) is 28.6. The molecular formula is C41H39NO7S2. The Morgan fingerprint density at radius 1 is 1.08 bits per heavy atom. The number of hydrogen-bond donors (Lipinski definition) is 2. The highest BCUT2D eigenvalue weighted by Gasteiger charge is 2.42. The van der Waals surface area contributed by atoms with E-state index in [1.807, 2.05) is 30.2 Å². The largest absolute Gasteiger partial charge is 0.490 e. The molecule has 2 aromatic heterocycles. The average molecular weight is 722 g/mol. The smallest absolute Gasteiger partial charge is 0.258 e. The van der Waals surface area contributed by atoms with Crippen LogP contribution in [0, 0.1) is 23.7 Å². The molecule has 10 heteroatoms.